The second kappa shape index (κ2) is 11.0. The second-order valence-electron chi connectivity index (χ2n) is 6.37. The molecule has 0 fully saturated rings. The van der Waals surface area contributed by atoms with Gasteiger partial charge in [0, 0.05) is 38.9 Å². The highest BCUT2D eigenvalue weighted by molar-refractivity contribution is 6.66. The minimum absolute atomic E-state index is 0.287. The van der Waals surface area contributed by atoms with Crippen LogP contribution in [-0.4, -0.2) is 58.3 Å². The maximum absolute atomic E-state index is 5.89. The van der Waals surface area contributed by atoms with Gasteiger partial charge in [0.05, 0.1) is 0 Å². The van der Waals surface area contributed by atoms with Crippen LogP contribution in [0.25, 0.3) is 0 Å². The van der Waals surface area contributed by atoms with Crippen LogP contribution in [0.15, 0.2) is 4.99 Å². The zero-order valence-corrected chi connectivity index (χ0v) is 16.9. The Balaban J connectivity index is 4.52. The van der Waals surface area contributed by atoms with Crippen molar-refractivity contribution in [2.45, 2.75) is 72.6 Å². The van der Waals surface area contributed by atoms with Crippen LogP contribution in [0.3, 0.4) is 0 Å². The van der Waals surface area contributed by atoms with Crippen molar-refractivity contribution in [2.24, 2.45) is 4.99 Å². The first-order chi connectivity index (χ1) is 10.2. The standard InChI is InChI=1S/C16H37N3O2Si/c1-9-20-22(8,21-10-2)13-11-12-19(7)16(17-14(3)4)18-15(5)6/h14-15H,9-13H2,1-8H3,(H,17,18). The maximum atomic E-state index is 5.89. The molecule has 0 radical (unpaired) electrons. The number of nitrogens with one attached hydrogen (secondary N) is 1. The molecule has 0 rings (SSSR count). The summed E-state index contributed by atoms with van der Waals surface area (Å²) in [5, 5.41) is 3.43. The highest BCUT2D eigenvalue weighted by Gasteiger charge is 2.30. The summed E-state index contributed by atoms with van der Waals surface area (Å²) in [5.74, 6) is 0.973. The third-order valence-electron chi connectivity index (χ3n) is 3.18. The van der Waals surface area contributed by atoms with Crippen LogP contribution in [0.4, 0.5) is 0 Å². The lowest BCUT2D eigenvalue weighted by atomic mass is 10.4. The van der Waals surface area contributed by atoms with Crippen LogP contribution in [0.2, 0.25) is 12.6 Å². The summed E-state index contributed by atoms with van der Waals surface area (Å²) < 4.78 is 11.8. The zero-order chi connectivity index (χ0) is 17.2. The molecule has 5 nitrogen and oxygen atoms in total. The summed E-state index contributed by atoms with van der Waals surface area (Å²) in [6.07, 6.45) is 1.05. The lowest BCUT2D eigenvalue weighted by molar-refractivity contribution is 0.187. The van der Waals surface area contributed by atoms with Crippen LogP contribution < -0.4 is 5.32 Å². The largest absolute Gasteiger partial charge is 0.395 e. The fourth-order valence-electron chi connectivity index (χ4n) is 2.29. The van der Waals surface area contributed by atoms with Crippen molar-refractivity contribution in [2.75, 3.05) is 26.8 Å². The lowest BCUT2D eigenvalue weighted by Gasteiger charge is -2.28. The van der Waals surface area contributed by atoms with Gasteiger partial charge in [-0.25, -0.2) is 0 Å². The van der Waals surface area contributed by atoms with Crippen LogP contribution >= 0.6 is 0 Å². The molecule has 1 N–H and O–H groups in total. The highest BCUT2D eigenvalue weighted by atomic mass is 28.4. The number of rotatable bonds is 10. The van der Waals surface area contributed by atoms with E-state index in [1.54, 1.807) is 0 Å². The highest BCUT2D eigenvalue weighted by Crippen LogP contribution is 2.16. The third kappa shape index (κ3) is 9.43. The minimum Gasteiger partial charge on any atom is -0.395 e. The lowest BCUT2D eigenvalue weighted by Crippen LogP contribution is -2.44. The Kier molecular flexibility index (Phi) is 10.7. The van der Waals surface area contributed by atoms with Crippen molar-refractivity contribution in [3.05, 3.63) is 0 Å². The summed E-state index contributed by atoms with van der Waals surface area (Å²) >= 11 is 0. The molecular formula is C16H37N3O2Si. The number of guanidine groups is 1. The Labute approximate surface area is 138 Å². The first-order valence-corrected chi connectivity index (χ1v) is 11.1. The van der Waals surface area contributed by atoms with E-state index in [4.69, 9.17) is 8.85 Å². The molecule has 0 heterocycles. The van der Waals surface area contributed by atoms with Gasteiger partial charge in [0.1, 0.15) is 0 Å². The molecule has 0 unspecified atom stereocenters. The molecule has 0 aliphatic carbocycles. The smallest absolute Gasteiger partial charge is 0.334 e. The average Bonchev–Trinajstić information content (AvgIpc) is 2.37. The van der Waals surface area contributed by atoms with E-state index in [2.05, 4.69) is 56.5 Å². The fraction of sp³-hybridized carbons (Fsp3) is 0.938. The number of aliphatic imine (C=N–C) groups is 1. The first-order valence-electron chi connectivity index (χ1n) is 8.57. The van der Waals surface area contributed by atoms with E-state index in [0.717, 1.165) is 38.2 Å². The molecule has 132 valence electrons. The van der Waals surface area contributed by atoms with E-state index < -0.39 is 8.56 Å². The fourth-order valence-corrected chi connectivity index (χ4v) is 4.68. The van der Waals surface area contributed by atoms with Gasteiger partial charge >= 0.3 is 8.56 Å². The topological polar surface area (TPSA) is 46.1 Å². The molecule has 0 bridgehead atoms. The monoisotopic (exact) mass is 331 g/mol. The summed E-state index contributed by atoms with van der Waals surface area (Å²) in [4.78, 5) is 6.89. The molecule has 22 heavy (non-hydrogen) atoms. The molecule has 0 aromatic carbocycles. The van der Waals surface area contributed by atoms with Crippen LogP contribution in [0, 0.1) is 0 Å². The van der Waals surface area contributed by atoms with Crippen LogP contribution in [0.1, 0.15) is 48.0 Å². The van der Waals surface area contributed by atoms with Gasteiger partial charge < -0.3 is 19.1 Å². The zero-order valence-electron chi connectivity index (χ0n) is 15.9. The molecule has 6 heteroatoms. The van der Waals surface area contributed by atoms with Gasteiger partial charge in [0.25, 0.3) is 0 Å². The second-order valence-corrected chi connectivity index (χ2v) is 9.72. The van der Waals surface area contributed by atoms with Crippen LogP contribution in [0.5, 0.6) is 0 Å². The van der Waals surface area contributed by atoms with E-state index >= 15 is 0 Å². The first kappa shape index (κ1) is 21.4. The molecule has 0 aromatic rings. The summed E-state index contributed by atoms with van der Waals surface area (Å²) in [5.41, 5.74) is 0. The number of hydrogen-bond acceptors (Lipinski definition) is 3. The predicted octanol–water partition coefficient (Wildman–Crippen LogP) is 3.22. The van der Waals surface area contributed by atoms with Gasteiger partial charge in [0.2, 0.25) is 0 Å². The average molecular weight is 332 g/mol. The van der Waals surface area contributed by atoms with Gasteiger partial charge in [-0.2, -0.15) is 0 Å². The Morgan fingerprint density at radius 1 is 1.14 bits per heavy atom. The van der Waals surface area contributed by atoms with Crippen molar-refractivity contribution in [3.8, 4) is 0 Å². The minimum atomic E-state index is -2.00. The van der Waals surface area contributed by atoms with E-state index in [1.165, 1.54) is 0 Å². The predicted molar refractivity (Wildman–Crippen MR) is 97.8 cm³/mol. The molecule has 0 amide bonds. The van der Waals surface area contributed by atoms with E-state index in [-0.39, 0.29) is 6.04 Å². The number of hydrogen-bond donors (Lipinski definition) is 1. The Morgan fingerprint density at radius 3 is 2.09 bits per heavy atom. The number of nitrogens with zero attached hydrogens (tertiary/aromatic N) is 2. The van der Waals surface area contributed by atoms with Crippen molar-refractivity contribution in [1.29, 1.82) is 0 Å². The van der Waals surface area contributed by atoms with Gasteiger partial charge in [-0.3, -0.25) is 4.99 Å². The van der Waals surface area contributed by atoms with Gasteiger partial charge in [-0.15, -0.1) is 0 Å². The Hall–Kier alpha value is -0.593. The molecule has 0 saturated carbocycles. The van der Waals surface area contributed by atoms with Crippen LogP contribution in [-0.2, 0) is 8.85 Å². The molecular weight excluding hydrogens is 294 g/mol. The molecule has 0 saturated heterocycles. The quantitative estimate of drug-likeness (QED) is 0.379. The molecule has 0 aliphatic heterocycles. The van der Waals surface area contributed by atoms with Gasteiger partial charge in [-0.1, -0.05) is 0 Å². The molecule has 0 aromatic heterocycles. The Bertz CT molecular complexity index is 317. The third-order valence-corrected chi connectivity index (χ3v) is 6.24. The van der Waals surface area contributed by atoms with Crippen molar-refractivity contribution >= 4 is 14.5 Å². The maximum Gasteiger partial charge on any atom is 0.334 e. The summed E-state index contributed by atoms with van der Waals surface area (Å²) in [6, 6.07) is 1.68. The van der Waals surface area contributed by atoms with E-state index in [1.807, 2.05) is 13.8 Å². The summed E-state index contributed by atoms with van der Waals surface area (Å²) in [6.45, 7) is 17.1. The van der Waals surface area contributed by atoms with Crippen molar-refractivity contribution in [3.63, 3.8) is 0 Å². The SMILES string of the molecule is CCO[Si](C)(CCCN(C)/C(=N\C(C)C)NC(C)C)OCC. The van der Waals surface area contributed by atoms with Gasteiger partial charge in [0.15, 0.2) is 5.96 Å². The molecule has 0 spiro atoms. The Morgan fingerprint density at radius 2 is 1.68 bits per heavy atom. The summed E-state index contributed by atoms with van der Waals surface area (Å²) in [7, 11) is 0.0921. The molecule has 0 atom stereocenters. The van der Waals surface area contributed by atoms with Gasteiger partial charge in [-0.05, 0) is 60.6 Å². The van der Waals surface area contributed by atoms with E-state index in [9.17, 15) is 0 Å². The molecule has 0 aliphatic rings. The van der Waals surface area contributed by atoms with Crippen molar-refractivity contribution < 1.29 is 8.85 Å². The normalized spacial score (nSPS) is 13.1. The van der Waals surface area contributed by atoms with Crippen molar-refractivity contribution in [1.82, 2.24) is 10.2 Å². The van der Waals surface area contributed by atoms with E-state index in [0.29, 0.717) is 6.04 Å².